The number of aliphatic hydroxyl groups excluding tert-OH is 1. The molecule has 3 aromatic heterocycles. The minimum atomic E-state index is -1.21. The van der Waals surface area contributed by atoms with Gasteiger partial charge in [0.15, 0.2) is 0 Å². The molecule has 0 saturated carbocycles. The lowest BCUT2D eigenvalue weighted by atomic mass is 10.0. The Hall–Kier alpha value is -4.65. The van der Waals surface area contributed by atoms with Crippen molar-refractivity contribution in [2.24, 2.45) is 7.05 Å². The van der Waals surface area contributed by atoms with Gasteiger partial charge in [-0.25, -0.2) is 19.4 Å². The van der Waals surface area contributed by atoms with Crippen molar-refractivity contribution in [1.29, 1.82) is 0 Å². The van der Waals surface area contributed by atoms with Gasteiger partial charge in [0.25, 0.3) is 0 Å². The number of benzene rings is 1. The van der Waals surface area contributed by atoms with Gasteiger partial charge in [-0.3, -0.25) is 5.32 Å². The number of aryl methyl sites for hydroxylation is 1. The summed E-state index contributed by atoms with van der Waals surface area (Å²) in [6, 6.07) is 10.8. The number of carbonyl (C=O) groups is 1. The van der Waals surface area contributed by atoms with Gasteiger partial charge in [-0.15, -0.1) is 0 Å². The number of urea groups is 1. The SMILES string of the molecule is COCCNC[C@@H](NC(=O)Nc1c(C)c(C2=CCC/C=c3/c(ncn3C)=C2)nn1-c1ccccc1)[C@@H](O)c1ccnc(F)c1. The molecule has 5 rings (SSSR count). The van der Waals surface area contributed by atoms with Crippen molar-refractivity contribution >= 4 is 29.6 Å². The molecular formula is C32H37FN8O3. The lowest BCUT2D eigenvalue weighted by Gasteiger charge is -2.25. The fourth-order valence-electron chi connectivity index (χ4n) is 5.14. The van der Waals surface area contributed by atoms with E-state index in [1.54, 1.807) is 18.1 Å². The van der Waals surface area contributed by atoms with E-state index in [-0.39, 0.29) is 6.54 Å². The molecule has 1 aromatic carbocycles. The topological polar surface area (TPSA) is 131 Å². The number of aromatic nitrogens is 5. The molecule has 0 spiro atoms. The Bertz CT molecular complexity index is 1750. The lowest BCUT2D eigenvalue weighted by molar-refractivity contribution is 0.127. The van der Waals surface area contributed by atoms with Gasteiger partial charge in [-0.1, -0.05) is 30.4 Å². The molecule has 0 radical (unpaired) electrons. The predicted octanol–water partition coefficient (Wildman–Crippen LogP) is 2.35. The van der Waals surface area contributed by atoms with E-state index in [1.165, 1.54) is 12.3 Å². The second-order valence-corrected chi connectivity index (χ2v) is 10.5. The third-order valence-electron chi connectivity index (χ3n) is 7.44. The summed E-state index contributed by atoms with van der Waals surface area (Å²) in [7, 11) is 3.56. The fourth-order valence-corrected chi connectivity index (χ4v) is 5.14. The number of hydrogen-bond acceptors (Lipinski definition) is 7. The number of halogens is 1. The van der Waals surface area contributed by atoms with Crippen LogP contribution in [0.1, 0.15) is 35.8 Å². The van der Waals surface area contributed by atoms with Crippen LogP contribution in [0.25, 0.3) is 23.4 Å². The van der Waals surface area contributed by atoms with Crippen molar-refractivity contribution in [3.05, 3.63) is 94.5 Å². The van der Waals surface area contributed by atoms with Gasteiger partial charge in [0.2, 0.25) is 5.95 Å². The number of amides is 2. The fraction of sp³-hybridized carbons (Fsp3) is 0.312. The number of anilines is 1. The zero-order valence-electron chi connectivity index (χ0n) is 25.0. The van der Waals surface area contributed by atoms with E-state index in [4.69, 9.17) is 9.84 Å². The maximum atomic E-state index is 13.9. The molecule has 2 atom stereocenters. The highest BCUT2D eigenvalue weighted by Gasteiger charge is 2.26. The molecule has 3 heterocycles. The molecule has 4 aromatic rings. The molecule has 1 aliphatic rings. The van der Waals surface area contributed by atoms with Crippen LogP contribution >= 0.6 is 0 Å². The molecular weight excluding hydrogens is 563 g/mol. The number of aliphatic hydroxyl groups is 1. The van der Waals surface area contributed by atoms with Crippen molar-refractivity contribution in [3.8, 4) is 5.69 Å². The Morgan fingerprint density at radius 2 is 1.95 bits per heavy atom. The van der Waals surface area contributed by atoms with Crippen LogP contribution < -0.4 is 26.6 Å². The molecule has 4 N–H and O–H groups in total. The van der Waals surface area contributed by atoms with Gasteiger partial charge < -0.3 is 25.0 Å². The smallest absolute Gasteiger partial charge is 0.320 e. The second-order valence-electron chi connectivity index (χ2n) is 10.5. The number of allylic oxidation sites excluding steroid dienone is 2. The monoisotopic (exact) mass is 600 g/mol. The van der Waals surface area contributed by atoms with Gasteiger partial charge in [0, 0.05) is 44.6 Å². The number of para-hydroxylation sites is 1. The Kier molecular flexibility index (Phi) is 9.95. The normalized spacial score (nSPS) is 15.0. The largest absolute Gasteiger partial charge is 0.386 e. The van der Waals surface area contributed by atoms with Gasteiger partial charge in [0.05, 0.1) is 41.1 Å². The van der Waals surface area contributed by atoms with E-state index in [0.29, 0.717) is 30.2 Å². The van der Waals surface area contributed by atoms with Crippen molar-refractivity contribution in [2.45, 2.75) is 31.9 Å². The first-order valence-electron chi connectivity index (χ1n) is 14.5. The summed E-state index contributed by atoms with van der Waals surface area (Å²) in [6.07, 6.45) is 9.88. The molecule has 0 aliphatic heterocycles. The Balaban J connectivity index is 1.47. The molecule has 2 amide bonds. The van der Waals surface area contributed by atoms with E-state index >= 15 is 0 Å². The number of nitrogens with zero attached hydrogens (tertiary/aromatic N) is 5. The number of methoxy groups -OCH3 is 1. The van der Waals surface area contributed by atoms with Crippen molar-refractivity contribution < 1.29 is 19.0 Å². The molecule has 0 unspecified atom stereocenters. The first-order valence-corrected chi connectivity index (χ1v) is 14.5. The molecule has 1 aliphatic carbocycles. The zero-order chi connectivity index (χ0) is 31.1. The van der Waals surface area contributed by atoms with Crippen LogP contribution in [0.5, 0.6) is 0 Å². The molecule has 11 nitrogen and oxygen atoms in total. The number of nitrogens with one attached hydrogen (secondary N) is 3. The number of pyridine rings is 1. The highest BCUT2D eigenvalue weighted by atomic mass is 19.1. The average Bonchev–Trinajstić information content (AvgIpc) is 3.52. The number of carbonyl (C=O) groups excluding carboxylic acids is 1. The van der Waals surface area contributed by atoms with Crippen LogP contribution in [-0.4, -0.2) is 68.3 Å². The standard InChI is InChI=1S/C32H37FN8O3/c1-21-29(22-9-7-8-12-27-25(17-22)36-20-40(27)2)39-41(24-10-5-4-6-11-24)31(21)38-32(43)37-26(19-34-15-16-44-3)30(42)23-13-14-35-28(33)18-23/h4-6,9-14,17-18,20,26,30,34,42H,7-8,15-16,19H2,1-3H3,(H2,37,38,43)/b22-9?,25-17?,27-12-/t26-,30+/m1/s1. The first kappa shape index (κ1) is 30.8. The van der Waals surface area contributed by atoms with Crippen LogP contribution in [0.3, 0.4) is 0 Å². The molecule has 44 heavy (non-hydrogen) atoms. The van der Waals surface area contributed by atoms with Gasteiger partial charge in [0.1, 0.15) is 11.9 Å². The number of rotatable bonds is 11. The first-order chi connectivity index (χ1) is 21.4. The Morgan fingerprint density at radius 1 is 1.16 bits per heavy atom. The van der Waals surface area contributed by atoms with Crippen molar-refractivity contribution in [2.75, 3.05) is 32.1 Å². The van der Waals surface area contributed by atoms with Crippen LogP contribution in [0.15, 0.2) is 61.1 Å². The van der Waals surface area contributed by atoms with E-state index < -0.39 is 24.1 Å². The van der Waals surface area contributed by atoms with E-state index in [1.807, 2.05) is 54.9 Å². The third kappa shape index (κ3) is 7.10. The van der Waals surface area contributed by atoms with E-state index in [9.17, 15) is 14.3 Å². The minimum Gasteiger partial charge on any atom is -0.386 e. The number of fused-ring (bicyclic) bond motifs is 1. The molecule has 230 valence electrons. The summed E-state index contributed by atoms with van der Waals surface area (Å²) >= 11 is 0. The maximum Gasteiger partial charge on any atom is 0.320 e. The molecule has 0 fully saturated rings. The number of hydrogen-bond donors (Lipinski definition) is 4. The van der Waals surface area contributed by atoms with Crippen LogP contribution in [0.4, 0.5) is 15.0 Å². The number of imidazole rings is 1. The van der Waals surface area contributed by atoms with Crippen LogP contribution in [-0.2, 0) is 11.8 Å². The van der Waals surface area contributed by atoms with E-state index in [0.717, 1.165) is 46.4 Å². The highest BCUT2D eigenvalue weighted by molar-refractivity contribution is 5.93. The quantitative estimate of drug-likeness (QED) is 0.154. The van der Waals surface area contributed by atoms with Crippen molar-refractivity contribution in [1.82, 2.24) is 34.9 Å². The zero-order valence-corrected chi connectivity index (χ0v) is 25.0. The summed E-state index contributed by atoms with van der Waals surface area (Å²) in [4.78, 5) is 21.7. The van der Waals surface area contributed by atoms with E-state index in [2.05, 4.69) is 38.1 Å². The minimum absolute atomic E-state index is 0.204. The maximum absolute atomic E-state index is 13.9. The summed E-state index contributed by atoms with van der Waals surface area (Å²) < 4.78 is 22.6. The predicted molar refractivity (Wildman–Crippen MR) is 167 cm³/mol. The van der Waals surface area contributed by atoms with Crippen LogP contribution in [0.2, 0.25) is 0 Å². The molecule has 0 bridgehead atoms. The summed E-state index contributed by atoms with van der Waals surface area (Å²) in [5.74, 6) is -0.244. The summed E-state index contributed by atoms with van der Waals surface area (Å²) in [5, 5.41) is 27.0. The highest BCUT2D eigenvalue weighted by Crippen LogP contribution is 2.29. The van der Waals surface area contributed by atoms with Crippen molar-refractivity contribution in [3.63, 3.8) is 0 Å². The van der Waals surface area contributed by atoms with Gasteiger partial charge in [-0.05, 0) is 55.7 Å². The van der Waals surface area contributed by atoms with Crippen LogP contribution in [0, 0.1) is 12.9 Å². The Morgan fingerprint density at radius 3 is 2.73 bits per heavy atom. The lowest BCUT2D eigenvalue weighted by Crippen LogP contribution is -2.48. The molecule has 12 heteroatoms. The summed E-state index contributed by atoms with van der Waals surface area (Å²) in [6.45, 7) is 3.06. The van der Waals surface area contributed by atoms with Gasteiger partial charge >= 0.3 is 6.03 Å². The summed E-state index contributed by atoms with van der Waals surface area (Å²) in [5.41, 5.74) is 3.44. The second kappa shape index (κ2) is 14.2. The Labute approximate surface area is 254 Å². The van der Waals surface area contributed by atoms with Gasteiger partial charge in [-0.2, -0.15) is 9.49 Å². The number of ether oxygens (including phenoxy) is 1. The average molecular weight is 601 g/mol. The molecule has 0 saturated heterocycles. The third-order valence-corrected chi connectivity index (χ3v) is 7.44.